The Bertz CT molecular complexity index is 147. The van der Waals surface area contributed by atoms with E-state index < -0.39 is 5.97 Å². The second kappa shape index (κ2) is 8.97. The molecule has 0 bridgehead atoms. The predicted molar refractivity (Wildman–Crippen MR) is 53.2 cm³/mol. The van der Waals surface area contributed by atoms with Crippen LogP contribution in [0.1, 0.15) is 39.0 Å². The molecule has 0 unspecified atom stereocenters. The maximum absolute atomic E-state index is 10.2. The molecule has 0 saturated heterocycles. The largest absolute Gasteiger partial charge is 0.481 e. The van der Waals surface area contributed by atoms with E-state index in [-0.39, 0.29) is 12.5 Å². The summed E-state index contributed by atoms with van der Waals surface area (Å²) in [6.07, 6.45) is 2.55. The SMILES string of the molecule is CCOCC[C@@H](O)CCCCC(=O)O. The summed E-state index contributed by atoms with van der Waals surface area (Å²) in [7, 11) is 0. The maximum Gasteiger partial charge on any atom is 0.303 e. The van der Waals surface area contributed by atoms with Gasteiger partial charge in [0, 0.05) is 19.6 Å². The Labute approximate surface area is 84.9 Å². The van der Waals surface area contributed by atoms with Gasteiger partial charge in [-0.3, -0.25) is 4.79 Å². The minimum atomic E-state index is -0.770. The van der Waals surface area contributed by atoms with Crippen molar-refractivity contribution in [1.82, 2.24) is 0 Å². The fraction of sp³-hybridized carbons (Fsp3) is 0.900. The second-order valence-electron chi connectivity index (χ2n) is 3.28. The number of ether oxygens (including phenoxy) is 1. The van der Waals surface area contributed by atoms with Gasteiger partial charge in [0.1, 0.15) is 0 Å². The first-order valence-electron chi connectivity index (χ1n) is 5.14. The number of aliphatic carboxylic acids is 1. The molecule has 1 atom stereocenters. The highest BCUT2D eigenvalue weighted by atomic mass is 16.5. The highest BCUT2D eigenvalue weighted by molar-refractivity contribution is 5.66. The topological polar surface area (TPSA) is 66.8 Å². The highest BCUT2D eigenvalue weighted by Crippen LogP contribution is 2.06. The Morgan fingerprint density at radius 2 is 2.07 bits per heavy atom. The van der Waals surface area contributed by atoms with E-state index in [1.807, 2.05) is 6.92 Å². The van der Waals surface area contributed by atoms with Gasteiger partial charge in [0.05, 0.1) is 6.10 Å². The van der Waals surface area contributed by atoms with Crippen LogP contribution in [0.2, 0.25) is 0 Å². The molecule has 0 aliphatic heterocycles. The minimum Gasteiger partial charge on any atom is -0.481 e. The van der Waals surface area contributed by atoms with E-state index in [4.69, 9.17) is 9.84 Å². The molecule has 0 aliphatic rings. The van der Waals surface area contributed by atoms with Gasteiger partial charge < -0.3 is 14.9 Å². The number of aliphatic hydroxyl groups excluding tert-OH is 1. The molecule has 0 aliphatic carbocycles. The first kappa shape index (κ1) is 13.4. The fourth-order valence-corrected chi connectivity index (χ4v) is 1.16. The fourth-order valence-electron chi connectivity index (χ4n) is 1.16. The van der Waals surface area contributed by atoms with Crippen molar-refractivity contribution in [2.75, 3.05) is 13.2 Å². The first-order chi connectivity index (χ1) is 6.66. The molecule has 0 aromatic carbocycles. The Kier molecular flexibility index (Phi) is 8.57. The molecule has 2 N–H and O–H groups in total. The Morgan fingerprint density at radius 1 is 1.36 bits per heavy atom. The number of carboxylic acid groups (broad SMARTS) is 1. The summed E-state index contributed by atoms with van der Waals surface area (Å²) >= 11 is 0. The van der Waals surface area contributed by atoms with Crippen molar-refractivity contribution in [3.8, 4) is 0 Å². The number of carboxylic acids is 1. The summed E-state index contributed by atoms with van der Waals surface area (Å²) in [6.45, 7) is 3.17. The molecule has 0 fully saturated rings. The molecular weight excluding hydrogens is 184 g/mol. The van der Waals surface area contributed by atoms with E-state index in [0.717, 1.165) is 6.42 Å². The van der Waals surface area contributed by atoms with E-state index in [0.29, 0.717) is 32.5 Å². The molecular formula is C10H20O4. The molecule has 0 aromatic rings. The molecule has 0 saturated carbocycles. The number of rotatable bonds is 9. The monoisotopic (exact) mass is 204 g/mol. The zero-order valence-electron chi connectivity index (χ0n) is 8.74. The quantitative estimate of drug-likeness (QED) is 0.557. The van der Waals surface area contributed by atoms with Crippen LogP contribution in [-0.2, 0) is 9.53 Å². The van der Waals surface area contributed by atoms with Crippen molar-refractivity contribution in [3.63, 3.8) is 0 Å². The normalized spacial score (nSPS) is 12.7. The van der Waals surface area contributed by atoms with Crippen molar-refractivity contribution in [2.45, 2.75) is 45.1 Å². The third-order valence-electron chi connectivity index (χ3n) is 1.98. The van der Waals surface area contributed by atoms with Gasteiger partial charge in [-0.15, -0.1) is 0 Å². The number of carbonyl (C=O) groups is 1. The van der Waals surface area contributed by atoms with Crippen molar-refractivity contribution in [1.29, 1.82) is 0 Å². The van der Waals surface area contributed by atoms with Crippen molar-refractivity contribution in [3.05, 3.63) is 0 Å². The molecule has 14 heavy (non-hydrogen) atoms. The summed E-state index contributed by atoms with van der Waals surface area (Å²) in [5.41, 5.74) is 0. The van der Waals surface area contributed by atoms with Gasteiger partial charge in [-0.25, -0.2) is 0 Å². The Morgan fingerprint density at radius 3 is 2.64 bits per heavy atom. The first-order valence-corrected chi connectivity index (χ1v) is 5.14. The van der Waals surface area contributed by atoms with Crippen LogP contribution in [0.4, 0.5) is 0 Å². The average molecular weight is 204 g/mol. The second-order valence-corrected chi connectivity index (χ2v) is 3.28. The van der Waals surface area contributed by atoms with Crippen LogP contribution >= 0.6 is 0 Å². The molecule has 0 aromatic heterocycles. The summed E-state index contributed by atoms with van der Waals surface area (Å²) in [6, 6.07) is 0. The van der Waals surface area contributed by atoms with E-state index in [1.54, 1.807) is 0 Å². The molecule has 0 radical (unpaired) electrons. The lowest BCUT2D eigenvalue weighted by molar-refractivity contribution is -0.137. The zero-order chi connectivity index (χ0) is 10.8. The van der Waals surface area contributed by atoms with Crippen LogP contribution in [0.25, 0.3) is 0 Å². The van der Waals surface area contributed by atoms with Crippen molar-refractivity contribution < 1.29 is 19.7 Å². The Hall–Kier alpha value is -0.610. The van der Waals surface area contributed by atoms with Gasteiger partial charge >= 0.3 is 5.97 Å². The van der Waals surface area contributed by atoms with E-state index >= 15 is 0 Å². The predicted octanol–water partition coefficient (Wildman–Crippen LogP) is 1.42. The minimum absolute atomic E-state index is 0.193. The summed E-state index contributed by atoms with van der Waals surface area (Å²) in [5.74, 6) is -0.770. The smallest absolute Gasteiger partial charge is 0.303 e. The van der Waals surface area contributed by atoms with Gasteiger partial charge in [0.25, 0.3) is 0 Å². The highest BCUT2D eigenvalue weighted by Gasteiger charge is 2.04. The van der Waals surface area contributed by atoms with Crippen LogP contribution in [0.15, 0.2) is 0 Å². The van der Waals surface area contributed by atoms with Crippen LogP contribution in [0.5, 0.6) is 0 Å². The summed E-state index contributed by atoms with van der Waals surface area (Å²) in [4.78, 5) is 10.2. The van der Waals surface area contributed by atoms with Gasteiger partial charge in [-0.1, -0.05) is 6.42 Å². The van der Waals surface area contributed by atoms with Gasteiger partial charge in [-0.05, 0) is 26.2 Å². The lowest BCUT2D eigenvalue weighted by atomic mass is 10.1. The molecule has 0 amide bonds. The van der Waals surface area contributed by atoms with Crippen LogP contribution in [0.3, 0.4) is 0 Å². The van der Waals surface area contributed by atoms with Crippen LogP contribution < -0.4 is 0 Å². The third kappa shape index (κ3) is 9.48. The number of aliphatic hydroxyl groups is 1. The lowest BCUT2D eigenvalue weighted by Gasteiger charge is -2.09. The molecule has 0 spiro atoms. The molecule has 4 heteroatoms. The van der Waals surface area contributed by atoms with E-state index in [9.17, 15) is 9.90 Å². The lowest BCUT2D eigenvalue weighted by Crippen LogP contribution is -2.10. The average Bonchev–Trinajstić information content (AvgIpc) is 2.13. The standard InChI is InChI=1S/C10H20O4/c1-2-14-8-7-9(11)5-3-4-6-10(12)13/h9,11H,2-8H2,1H3,(H,12,13)/t9-/m0/s1. The Balaban J connectivity index is 3.18. The number of hydrogen-bond acceptors (Lipinski definition) is 3. The van der Waals surface area contributed by atoms with Crippen LogP contribution in [0, 0.1) is 0 Å². The number of unbranched alkanes of at least 4 members (excludes halogenated alkanes) is 1. The van der Waals surface area contributed by atoms with Gasteiger partial charge in [-0.2, -0.15) is 0 Å². The summed E-state index contributed by atoms with van der Waals surface area (Å²) < 4.78 is 5.09. The van der Waals surface area contributed by atoms with E-state index in [2.05, 4.69) is 0 Å². The van der Waals surface area contributed by atoms with E-state index in [1.165, 1.54) is 0 Å². The molecule has 0 heterocycles. The molecule has 84 valence electrons. The van der Waals surface area contributed by atoms with Crippen molar-refractivity contribution in [2.24, 2.45) is 0 Å². The van der Waals surface area contributed by atoms with Gasteiger partial charge in [0.2, 0.25) is 0 Å². The van der Waals surface area contributed by atoms with Gasteiger partial charge in [0.15, 0.2) is 0 Å². The van der Waals surface area contributed by atoms with Crippen molar-refractivity contribution >= 4 is 5.97 Å². The third-order valence-corrected chi connectivity index (χ3v) is 1.98. The zero-order valence-corrected chi connectivity index (χ0v) is 8.74. The molecule has 0 rings (SSSR count). The summed E-state index contributed by atoms with van der Waals surface area (Å²) in [5, 5.41) is 17.8. The molecule has 4 nitrogen and oxygen atoms in total. The van der Waals surface area contributed by atoms with Crippen LogP contribution in [-0.4, -0.2) is 35.5 Å². The maximum atomic E-state index is 10.2. The number of hydrogen-bond donors (Lipinski definition) is 2.